The highest BCUT2D eigenvalue weighted by atomic mass is 32.2. The molecule has 1 aromatic heterocycles. The van der Waals surface area contributed by atoms with Crippen LogP contribution in [0.25, 0.3) is 11.0 Å². The molecular formula is C20H24N4O2S. The fourth-order valence-electron chi connectivity index (χ4n) is 2.60. The zero-order chi connectivity index (χ0) is 19.2. The van der Waals surface area contributed by atoms with E-state index in [1.165, 1.54) is 0 Å². The Morgan fingerprint density at radius 3 is 2.74 bits per heavy atom. The summed E-state index contributed by atoms with van der Waals surface area (Å²) in [6.45, 7) is 2.48. The summed E-state index contributed by atoms with van der Waals surface area (Å²) in [5.74, 6) is 0. The number of nitrogens with zero attached hydrogens (tertiary/aromatic N) is 2. The molecule has 0 bridgehead atoms. The number of ether oxygens (including phenoxy) is 1. The minimum Gasteiger partial charge on any atom is -0.449 e. The molecule has 6 nitrogen and oxygen atoms in total. The average Bonchev–Trinajstić information content (AvgIpc) is 3.03. The lowest BCUT2D eigenvalue weighted by molar-refractivity contribution is 0.160. The second-order valence-corrected chi connectivity index (χ2v) is 7.41. The van der Waals surface area contributed by atoms with Crippen molar-refractivity contribution in [3.05, 3.63) is 42.5 Å². The molecule has 0 spiro atoms. The van der Waals surface area contributed by atoms with Gasteiger partial charge in [-0.25, -0.2) is 9.78 Å². The van der Waals surface area contributed by atoms with Crippen molar-refractivity contribution < 1.29 is 9.53 Å². The number of aromatic amines is 1. The van der Waals surface area contributed by atoms with Crippen LogP contribution >= 0.6 is 11.8 Å². The van der Waals surface area contributed by atoms with Crippen LogP contribution in [0.5, 0.6) is 0 Å². The molecule has 0 radical (unpaired) electrons. The van der Waals surface area contributed by atoms with Crippen LogP contribution in [-0.4, -0.2) is 36.8 Å². The number of carbonyl (C=O) groups is 1. The highest BCUT2D eigenvalue weighted by Gasteiger charge is 2.14. The van der Waals surface area contributed by atoms with Crippen molar-refractivity contribution in [3.8, 4) is 0 Å². The van der Waals surface area contributed by atoms with Gasteiger partial charge in [-0.1, -0.05) is 43.3 Å². The zero-order valence-electron chi connectivity index (χ0n) is 15.8. The molecule has 142 valence electrons. The quantitative estimate of drug-likeness (QED) is 0.553. The lowest BCUT2D eigenvalue weighted by Crippen LogP contribution is -2.18. The molecule has 1 heterocycles. The molecule has 27 heavy (non-hydrogen) atoms. The molecule has 0 unspecified atom stereocenters. The third-order valence-electron chi connectivity index (χ3n) is 3.98. The molecule has 1 amide bonds. The number of H-pyrrole nitrogens is 1. The van der Waals surface area contributed by atoms with Crippen LogP contribution < -0.4 is 10.2 Å². The van der Waals surface area contributed by atoms with Crippen molar-refractivity contribution in [2.45, 2.75) is 29.8 Å². The summed E-state index contributed by atoms with van der Waals surface area (Å²) < 4.78 is 5.22. The van der Waals surface area contributed by atoms with Crippen molar-refractivity contribution in [2.24, 2.45) is 0 Å². The van der Waals surface area contributed by atoms with Crippen LogP contribution in [0.2, 0.25) is 0 Å². The molecule has 0 fully saturated rings. The number of carbonyl (C=O) groups excluding carboxylic acids is 1. The second-order valence-electron chi connectivity index (χ2n) is 6.35. The molecule has 2 N–H and O–H groups in total. The molecule has 7 heteroatoms. The number of unbranched alkanes of at least 4 members (excludes halogenated alkanes) is 1. The van der Waals surface area contributed by atoms with Crippen LogP contribution in [0.4, 0.5) is 16.2 Å². The van der Waals surface area contributed by atoms with Gasteiger partial charge in [0, 0.05) is 19.0 Å². The summed E-state index contributed by atoms with van der Waals surface area (Å²) in [7, 11) is 3.86. The van der Waals surface area contributed by atoms with Crippen molar-refractivity contribution in [3.63, 3.8) is 0 Å². The van der Waals surface area contributed by atoms with Gasteiger partial charge in [-0.2, -0.15) is 0 Å². The fraction of sp³-hybridized carbons (Fsp3) is 0.300. The van der Waals surface area contributed by atoms with Crippen molar-refractivity contribution in [2.75, 3.05) is 30.9 Å². The van der Waals surface area contributed by atoms with E-state index in [2.05, 4.69) is 22.2 Å². The minimum atomic E-state index is -0.440. The normalized spacial score (nSPS) is 10.8. The van der Waals surface area contributed by atoms with Crippen LogP contribution in [0, 0.1) is 0 Å². The molecule has 2 aromatic carbocycles. The number of imidazole rings is 1. The standard InChI is InChI=1S/C20H24N4O2S/c1-4-5-11-26-20(25)23-17-12-15-16(13-18(17)24(2)3)22-19(21-15)27-14-9-7-6-8-10-14/h6-10,12-13H,4-5,11H2,1-3H3,(H,21,22)(H,23,25). The number of anilines is 2. The number of hydrogen-bond acceptors (Lipinski definition) is 5. The summed E-state index contributed by atoms with van der Waals surface area (Å²) in [5, 5.41) is 3.65. The van der Waals surface area contributed by atoms with Crippen LogP contribution in [0.1, 0.15) is 19.8 Å². The van der Waals surface area contributed by atoms with E-state index in [-0.39, 0.29) is 0 Å². The molecule has 0 aliphatic heterocycles. The maximum atomic E-state index is 12.1. The predicted molar refractivity (Wildman–Crippen MR) is 111 cm³/mol. The van der Waals surface area contributed by atoms with E-state index in [0.717, 1.165) is 39.6 Å². The summed E-state index contributed by atoms with van der Waals surface area (Å²) in [6, 6.07) is 13.9. The molecule has 0 aliphatic carbocycles. The Balaban J connectivity index is 1.84. The summed E-state index contributed by atoms with van der Waals surface area (Å²) >= 11 is 1.57. The first kappa shape index (κ1) is 19.1. The highest BCUT2D eigenvalue weighted by Crippen LogP contribution is 2.32. The maximum absolute atomic E-state index is 12.1. The van der Waals surface area contributed by atoms with E-state index in [9.17, 15) is 4.79 Å². The SMILES string of the molecule is CCCCOC(=O)Nc1cc2[nH]c(Sc3ccccc3)nc2cc1N(C)C. The first-order valence-electron chi connectivity index (χ1n) is 8.94. The van der Waals surface area contributed by atoms with Crippen LogP contribution in [0.3, 0.4) is 0 Å². The second kappa shape index (κ2) is 8.81. The Morgan fingerprint density at radius 1 is 1.26 bits per heavy atom. The number of benzene rings is 2. The summed E-state index contributed by atoms with van der Waals surface area (Å²) in [5.41, 5.74) is 3.27. The average molecular weight is 385 g/mol. The lowest BCUT2D eigenvalue weighted by atomic mass is 10.2. The Labute approximate surface area is 163 Å². The number of nitrogens with one attached hydrogen (secondary N) is 2. The van der Waals surface area contributed by atoms with E-state index in [4.69, 9.17) is 4.74 Å². The van der Waals surface area contributed by atoms with Gasteiger partial charge in [0.05, 0.1) is 29.0 Å². The molecule has 3 aromatic rings. The Morgan fingerprint density at radius 2 is 2.04 bits per heavy atom. The van der Waals surface area contributed by atoms with E-state index in [1.54, 1.807) is 11.8 Å². The third kappa shape index (κ3) is 4.95. The monoisotopic (exact) mass is 384 g/mol. The van der Waals surface area contributed by atoms with Gasteiger partial charge < -0.3 is 14.6 Å². The van der Waals surface area contributed by atoms with Crippen LogP contribution in [-0.2, 0) is 4.74 Å². The molecular weight excluding hydrogens is 360 g/mol. The molecule has 0 saturated heterocycles. The van der Waals surface area contributed by atoms with Gasteiger partial charge in [0.1, 0.15) is 0 Å². The van der Waals surface area contributed by atoms with Gasteiger partial charge in [0.15, 0.2) is 5.16 Å². The van der Waals surface area contributed by atoms with Crippen molar-refractivity contribution in [1.29, 1.82) is 0 Å². The van der Waals surface area contributed by atoms with Crippen molar-refractivity contribution in [1.82, 2.24) is 9.97 Å². The summed E-state index contributed by atoms with van der Waals surface area (Å²) in [4.78, 5) is 23.1. The molecule has 0 saturated carbocycles. The molecule has 0 aliphatic rings. The van der Waals surface area contributed by atoms with Gasteiger partial charge in [-0.15, -0.1) is 0 Å². The summed E-state index contributed by atoms with van der Waals surface area (Å²) in [6.07, 6.45) is 1.40. The van der Waals surface area contributed by atoms with E-state index >= 15 is 0 Å². The predicted octanol–water partition coefficient (Wildman–Crippen LogP) is 5.13. The topological polar surface area (TPSA) is 70.2 Å². The third-order valence-corrected chi connectivity index (χ3v) is 4.88. The fourth-order valence-corrected chi connectivity index (χ4v) is 3.42. The van der Waals surface area contributed by atoms with Crippen LogP contribution in [0.15, 0.2) is 52.5 Å². The number of aromatic nitrogens is 2. The van der Waals surface area contributed by atoms with E-state index < -0.39 is 6.09 Å². The zero-order valence-corrected chi connectivity index (χ0v) is 16.6. The number of amides is 1. The van der Waals surface area contributed by atoms with Gasteiger partial charge in [-0.3, -0.25) is 5.32 Å². The Hall–Kier alpha value is -2.67. The Kier molecular flexibility index (Phi) is 6.24. The first-order chi connectivity index (χ1) is 13.1. The number of fused-ring (bicyclic) bond motifs is 1. The highest BCUT2D eigenvalue weighted by molar-refractivity contribution is 7.99. The van der Waals surface area contributed by atoms with Crippen molar-refractivity contribution >= 4 is 40.3 Å². The van der Waals surface area contributed by atoms with Gasteiger partial charge in [0.25, 0.3) is 0 Å². The minimum absolute atomic E-state index is 0.420. The van der Waals surface area contributed by atoms with Gasteiger partial charge in [-0.05, 0) is 30.7 Å². The molecule has 3 rings (SSSR count). The van der Waals surface area contributed by atoms with E-state index in [1.807, 2.05) is 61.5 Å². The van der Waals surface area contributed by atoms with E-state index in [0.29, 0.717) is 12.3 Å². The molecule has 0 atom stereocenters. The first-order valence-corrected chi connectivity index (χ1v) is 9.76. The number of hydrogen-bond donors (Lipinski definition) is 2. The van der Waals surface area contributed by atoms with Gasteiger partial charge >= 0.3 is 6.09 Å². The number of rotatable bonds is 7. The maximum Gasteiger partial charge on any atom is 0.411 e. The largest absolute Gasteiger partial charge is 0.449 e. The van der Waals surface area contributed by atoms with Gasteiger partial charge in [0.2, 0.25) is 0 Å². The smallest absolute Gasteiger partial charge is 0.411 e. The lowest BCUT2D eigenvalue weighted by Gasteiger charge is -2.18. The Bertz CT molecular complexity index is 909.